The number of fused-ring (bicyclic) bond motifs is 1. The molecule has 7 heteroatoms. The van der Waals surface area contributed by atoms with Gasteiger partial charge < -0.3 is 4.74 Å². The predicted octanol–water partition coefficient (Wildman–Crippen LogP) is 3.40. The minimum absolute atomic E-state index is 0.101. The van der Waals surface area contributed by atoms with Gasteiger partial charge in [0.25, 0.3) is 0 Å². The van der Waals surface area contributed by atoms with E-state index >= 15 is 0 Å². The smallest absolute Gasteiger partial charge is 0.415 e. The van der Waals surface area contributed by atoms with E-state index in [2.05, 4.69) is 26.0 Å². The number of hydrogen-bond acceptors (Lipinski definition) is 4. The summed E-state index contributed by atoms with van der Waals surface area (Å²) >= 11 is 3.44. The first-order valence-corrected chi connectivity index (χ1v) is 8.49. The van der Waals surface area contributed by atoms with Gasteiger partial charge in [0.15, 0.2) is 5.65 Å². The molecule has 0 N–H and O–H groups in total. The highest BCUT2D eigenvalue weighted by Crippen LogP contribution is 2.34. The number of ether oxygens (including phenoxy) is 1. The van der Waals surface area contributed by atoms with E-state index in [-0.39, 0.29) is 12.1 Å². The number of amides is 1. The van der Waals surface area contributed by atoms with E-state index in [1.807, 2.05) is 12.3 Å². The van der Waals surface area contributed by atoms with Gasteiger partial charge in [-0.1, -0.05) is 19.3 Å². The summed E-state index contributed by atoms with van der Waals surface area (Å²) in [6.07, 6.45) is 9.34. The van der Waals surface area contributed by atoms with E-state index in [0.717, 1.165) is 17.3 Å². The third kappa shape index (κ3) is 2.27. The average Bonchev–Trinajstić information content (AvgIpc) is 3.11. The Labute approximate surface area is 136 Å². The number of hydrogen-bond donors (Lipinski definition) is 0. The van der Waals surface area contributed by atoms with Crippen molar-refractivity contribution in [1.29, 1.82) is 0 Å². The Morgan fingerprint density at radius 1 is 1.27 bits per heavy atom. The van der Waals surface area contributed by atoms with Gasteiger partial charge in [0.05, 0.1) is 16.7 Å². The van der Waals surface area contributed by atoms with Crippen molar-refractivity contribution < 1.29 is 9.53 Å². The van der Waals surface area contributed by atoms with Crippen molar-refractivity contribution in [2.24, 2.45) is 5.92 Å². The molecule has 1 unspecified atom stereocenters. The normalized spacial score (nSPS) is 23.2. The minimum atomic E-state index is -0.289. The van der Waals surface area contributed by atoms with Gasteiger partial charge in [0.2, 0.25) is 0 Å². The van der Waals surface area contributed by atoms with Crippen molar-refractivity contribution in [2.75, 3.05) is 11.5 Å². The van der Waals surface area contributed by atoms with Crippen LogP contribution in [0.2, 0.25) is 0 Å². The lowest BCUT2D eigenvalue weighted by Gasteiger charge is -2.30. The lowest BCUT2D eigenvalue weighted by atomic mass is 9.84. The molecule has 116 valence electrons. The second-order valence-corrected chi connectivity index (χ2v) is 6.81. The Bertz CT molecular complexity index is 711. The molecule has 2 aromatic heterocycles. The summed E-state index contributed by atoms with van der Waals surface area (Å²) in [7, 11) is 0. The molecule has 3 heterocycles. The molecule has 1 aliphatic carbocycles. The highest BCUT2D eigenvalue weighted by atomic mass is 79.9. The molecule has 0 bridgehead atoms. The number of nitrogens with zero attached hydrogens (tertiary/aromatic N) is 4. The summed E-state index contributed by atoms with van der Waals surface area (Å²) < 4.78 is 7.82. The SMILES string of the molecule is O=C1OCC(C2CCCCC2)N1c1ccn2ncc(Br)c2n1. The monoisotopic (exact) mass is 364 g/mol. The van der Waals surface area contributed by atoms with Crippen LogP contribution in [0.25, 0.3) is 5.65 Å². The maximum atomic E-state index is 12.2. The molecule has 0 spiro atoms. The van der Waals surface area contributed by atoms with Crippen LogP contribution >= 0.6 is 15.9 Å². The van der Waals surface area contributed by atoms with Gasteiger partial charge in [-0.2, -0.15) is 5.10 Å². The number of rotatable bonds is 2. The van der Waals surface area contributed by atoms with Gasteiger partial charge in [-0.05, 0) is 40.8 Å². The Balaban J connectivity index is 1.69. The predicted molar refractivity (Wildman–Crippen MR) is 84.9 cm³/mol. The van der Waals surface area contributed by atoms with Crippen LogP contribution in [0.4, 0.5) is 10.6 Å². The number of halogens is 1. The molecule has 1 atom stereocenters. The summed E-state index contributed by atoms with van der Waals surface area (Å²) in [6, 6.07) is 1.93. The summed E-state index contributed by atoms with van der Waals surface area (Å²) in [6.45, 7) is 0.469. The maximum absolute atomic E-state index is 12.2. The van der Waals surface area contributed by atoms with Crippen LogP contribution in [-0.4, -0.2) is 33.3 Å². The second kappa shape index (κ2) is 5.53. The summed E-state index contributed by atoms with van der Waals surface area (Å²) in [4.78, 5) is 18.5. The number of aromatic nitrogens is 3. The zero-order valence-corrected chi connectivity index (χ0v) is 13.7. The van der Waals surface area contributed by atoms with E-state index in [0.29, 0.717) is 24.0 Å². The molecular weight excluding hydrogens is 348 g/mol. The average molecular weight is 365 g/mol. The third-order valence-corrected chi connectivity index (χ3v) is 5.22. The summed E-state index contributed by atoms with van der Waals surface area (Å²) in [5.41, 5.74) is 0.708. The molecule has 0 aromatic carbocycles. The first kappa shape index (κ1) is 14.0. The zero-order chi connectivity index (χ0) is 15.1. The number of carbonyl (C=O) groups is 1. The Morgan fingerprint density at radius 2 is 2.09 bits per heavy atom. The van der Waals surface area contributed by atoms with Crippen molar-refractivity contribution in [3.8, 4) is 0 Å². The van der Waals surface area contributed by atoms with Crippen LogP contribution in [0.3, 0.4) is 0 Å². The molecule has 1 saturated heterocycles. The van der Waals surface area contributed by atoms with Crippen LogP contribution in [0.15, 0.2) is 22.9 Å². The van der Waals surface area contributed by atoms with Crippen LogP contribution < -0.4 is 4.90 Å². The van der Waals surface area contributed by atoms with E-state index in [4.69, 9.17) is 4.74 Å². The largest absolute Gasteiger partial charge is 0.447 e. The molecule has 1 aliphatic heterocycles. The van der Waals surface area contributed by atoms with Gasteiger partial charge in [-0.3, -0.25) is 4.90 Å². The fourth-order valence-corrected chi connectivity index (χ4v) is 3.89. The molecule has 0 radical (unpaired) electrons. The van der Waals surface area contributed by atoms with Crippen LogP contribution in [0.5, 0.6) is 0 Å². The molecular formula is C15H17BrN4O2. The van der Waals surface area contributed by atoms with Crippen LogP contribution in [0.1, 0.15) is 32.1 Å². The Morgan fingerprint density at radius 3 is 2.91 bits per heavy atom. The van der Waals surface area contributed by atoms with Gasteiger partial charge in [-0.25, -0.2) is 14.3 Å². The standard InChI is InChI=1S/C15H17BrN4O2/c16-11-8-17-19-7-6-13(18-14(11)19)20-12(9-22-15(20)21)10-4-2-1-3-5-10/h6-8,10,12H,1-5,9H2. The van der Waals surface area contributed by atoms with Crippen molar-refractivity contribution in [3.05, 3.63) is 22.9 Å². The number of anilines is 1. The quantitative estimate of drug-likeness (QED) is 0.819. The van der Waals surface area contributed by atoms with E-state index in [1.54, 1.807) is 15.6 Å². The van der Waals surface area contributed by atoms with Crippen LogP contribution in [0, 0.1) is 5.92 Å². The van der Waals surface area contributed by atoms with Gasteiger partial charge in [-0.15, -0.1) is 0 Å². The molecule has 2 aliphatic rings. The molecule has 1 saturated carbocycles. The fourth-order valence-electron chi connectivity index (χ4n) is 3.53. The Hall–Kier alpha value is -1.63. The van der Waals surface area contributed by atoms with Crippen molar-refractivity contribution in [3.63, 3.8) is 0 Å². The van der Waals surface area contributed by atoms with E-state index < -0.39 is 0 Å². The Kier molecular flexibility index (Phi) is 3.52. The van der Waals surface area contributed by atoms with Gasteiger partial charge in [0.1, 0.15) is 12.4 Å². The topological polar surface area (TPSA) is 59.7 Å². The van der Waals surface area contributed by atoms with Gasteiger partial charge >= 0.3 is 6.09 Å². The molecule has 4 rings (SSSR count). The molecule has 2 fully saturated rings. The third-order valence-electron chi connectivity index (χ3n) is 4.66. The first-order chi connectivity index (χ1) is 10.7. The second-order valence-electron chi connectivity index (χ2n) is 5.96. The lowest BCUT2D eigenvalue weighted by Crippen LogP contribution is -2.40. The number of cyclic esters (lactones) is 1. The number of carbonyl (C=O) groups excluding carboxylic acids is 1. The first-order valence-electron chi connectivity index (χ1n) is 7.70. The molecule has 22 heavy (non-hydrogen) atoms. The molecule has 6 nitrogen and oxygen atoms in total. The lowest BCUT2D eigenvalue weighted by molar-refractivity contribution is 0.173. The van der Waals surface area contributed by atoms with Gasteiger partial charge in [0, 0.05) is 6.20 Å². The van der Waals surface area contributed by atoms with Crippen molar-refractivity contribution in [1.82, 2.24) is 14.6 Å². The highest BCUT2D eigenvalue weighted by molar-refractivity contribution is 9.10. The van der Waals surface area contributed by atoms with Crippen molar-refractivity contribution in [2.45, 2.75) is 38.1 Å². The summed E-state index contributed by atoms with van der Waals surface area (Å²) in [5, 5.41) is 4.19. The van der Waals surface area contributed by atoms with E-state index in [9.17, 15) is 4.79 Å². The molecule has 1 amide bonds. The van der Waals surface area contributed by atoms with Crippen molar-refractivity contribution >= 4 is 33.5 Å². The fraction of sp³-hybridized carbons (Fsp3) is 0.533. The minimum Gasteiger partial charge on any atom is -0.447 e. The zero-order valence-electron chi connectivity index (χ0n) is 12.1. The van der Waals surface area contributed by atoms with Crippen LogP contribution in [-0.2, 0) is 4.74 Å². The van der Waals surface area contributed by atoms with E-state index in [1.165, 1.54) is 19.3 Å². The molecule has 2 aromatic rings. The highest BCUT2D eigenvalue weighted by Gasteiger charge is 2.40. The maximum Gasteiger partial charge on any atom is 0.415 e. The summed E-state index contributed by atoms with van der Waals surface area (Å²) in [5.74, 6) is 1.15.